The minimum absolute atomic E-state index is 0.254. The van der Waals surface area contributed by atoms with E-state index in [0.29, 0.717) is 44.1 Å². The van der Waals surface area contributed by atoms with Crippen LogP contribution < -0.4 is 19.1 Å². The lowest BCUT2D eigenvalue weighted by atomic mass is 10.1. The quantitative estimate of drug-likeness (QED) is 0.461. The smallest absolute Gasteiger partial charge is 0.344 e. The van der Waals surface area contributed by atoms with E-state index in [2.05, 4.69) is 0 Å². The van der Waals surface area contributed by atoms with Gasteiger partial charge in [-0.1, -0.05) is 49.1 Å². The Bertz CT molecular complexity index is 1050. The van der Waals surface area contributed by atoms with E-state index in [0.717, 1.165) is 0 Å². The van der Waals surface area contributed by atoms with E-state index in [-0.39, 0.29) is 5.91 Å². The first-order valence-corrected chi connectivity index (χ1v) is 10.6. The van der Waals surface area contributed by atoms with Gasteiger partial charge < -0.3 is 19.3 Å². The van der Waals surface area contributed by atoms with Gasteiger partial charge in [0, 0.05) is 0 Å². The summed E-state index contributed by atoms with van der Waals surface area (Å²) in [5.41, 5.74) is 1.27. The predicted octanol–water partition coefficient (Wildman–Crippen LogP) is 4.35. The van der Waals surface area contributed by atoms with Crippen molar-refractivity contribution >= 4 is 51.9 Å². The van der Waals surface area contributed by atoms with Gasteiger partial charge in [0.25, 0.3) is 5.91 Å². The van der Waals surface area contributed by atoms with Gasteiger partial charge in [-0.3, -0.25) is 9.69 Å². The van der Waals surface area contributed by atoms with Crippen LogP contribution in [0, 0.1) is 0 Å². The number of para-hydroxylation sites is 2. The molecule has 3 rings (SSSR count). The highest BCUT2D eigenvalue weighted by Crippen LogP contribution is 2.40. The Morgan fingerprint density at radius 3 is 2.52 bits per heavy atom. The summed E-state index contributed by atoms with van der Waals surface area (Å²) in [4.78, 5) is 26.2. The summed E-state index contributed by atoms with van der Waals surface area (Å²) in [6, 6.07) is 12.2. The van der Waals surface area contributed by atoms with E-state index in [1.54, 1.807) is 43.3 Å². The van der Waals surface area contributed by atoms with Crippen molar-refractivity contribution < 1.29 is 28.9 Å². The van der Waals surface area contributed by atoms with Crippen molar-refractivity contribution in [1.29, 1.82) is 0 Å². The minimum Gasteiger partial charge on any atom is -0.495 e. The molecule has 2 aromatic rings. The molecule has 1 atom stereocenters. The number of thiocarbonyl (C=S) groups is 1. The monoisotopic (exact) mass is 459 g/mol. The van der Waals surface area contributed by atoms with Gasteiger partial charge in [-0.05, 0) is 42.3 Å². The first-order valence-electron chi connectivity index (χ1n) is 9.38. The van der Waals surface area contributed by atoms with Crippen LogP contribution in [0.2, 0.25) is 0 Å². The van der Waals surface area contributed by atoms with Crippen molar-refractivity contribution in [3.05, 3.63) is 52.9 Å². The Kier molecular flexibility index (Phi) is 7.19. The topological polar surface area (TPSA) is 85.3 Å². The van der Waals surface area contributed by atoms with Gasteiger partial charge in [0.2, 0.25) is 0 Å². The van der Waals surface area contributed by atoms with Crippen LogP contribution in [0.4, 0.5) is 5.69 Å². The molecule has 0 radical (unpaired) electrons. The number of aliphatic carboxylic acids is 1. The summed E-state index contributed by atoms with van der Waals surface area (Å²) >= 11 is 6.62. The second kappa shape index (κ2) is 9.84. The van der Waals surface area contributed by atoms with Crippen LogP contribution in [-0.2, 0) is 9.59 Å². The van der Waals surface area contributed by atoms with Crippen molar-refractivity contribution in [3.8, 4) is 17.2 Å². The van der Waals surface area contributed by atoms with Gasteiger partial charge in [0.15, 0.2) is 21.9 Å². The minimum atomic E-state index is -1.05. The summed E-state index contributed by atoms with van der Waals surface area (Å²) in [5, 5.41) is 9.21. The highest BCUT2D eigenvalue weighted by molar-refractivity contribution is 8.27. The van der Waals surface area contributed by atoms with E-state index < -0.39 is 12.1 Å². The molecule has 1 N–H and O–H groups in total. The zero-order valence-electron chi connectivity index (χ0n) is 17.2. The average Bonchev–Trinajstić information content (AvgIpc) is 3.04. The molecular formula is C22H21NO6S2. The second-order valence-electron chi connectivity index (χ2n) is 6.45. The Hall–Kier alpha value is -3.04. The van der Waals surface area contributed by atoms with Gasteiger partial charge in [0.05, 0.1) is 24.8 Å². The molecule has 1 aliphatic rings. The van der Waals surface area contributed by atoms with Crippen molar-refractivity contribution in [2.45, 2.75) is 19.4 Å². The van der Waals surface area contributed by atoms with Gasteiger partial charge >= 0.3 is 5.97 Å². The number of nitrogens with zero attached hydrogens (tertiary/aromatic N) is 1. The van der Waals surface area contributed by atoms with Gasteiger partial charge in [-0.25, -0.2) is 4.79 Å². The molecule has 7 nitrogen and oxygen atoms in total. The number of carboxylic acids is 1. The van der Waals surface area contributed by atoms with Crippen LogP contribution in [0.1, 0.15) is 18.9 Å². The number of hydrogen-bond donors (Lipinski definition) is 1. The molecule has 0 spiro atoms. The molecule has 162 valence electrons. The fourth-order valence-electron chi connectivity index (χ4n) is 2.97. The molecule has 1 unspecified atom stereocenters. The highest BCUT2D eigenvalue weighted by atomic mass is 32.2. The number of ether oxygens (including phenoxy) is 3. The molecule has 1 saturated heterocycles. The maximum atomic E-state index is 13.0. The van der Waals surface area contributed by atoms with E-state index in [1.165, 1.54) is 30.9 Å². The maximum absolute atomic E-state index is 13.0. The predicted molar refractivity (Wildman–Crippen MR) is 124 cm³/mol. The summed E-state index contributed by atoms with van der Waals surface area (Å²) in [6.07, 6.45) is 1.04. The normalized spacial score (nSPS) is 15.8. The SMILES string of the molecule is CCC(Oc1ccc(/C=C2/SC(=S)N(c3ccccc3OC)C2=O)cc1OC)C(=O)O. The molecule has 0 aromatic heterocycles. The summed E-state index contributed by atoms with van der Waals surface area (Å²) < 4.78 is 16.7. The first kappa shape index (κ1) is 22.6. The third-order valence-corrected chi connectivity index (χ3v) is 5.82. The highest BCUT2D eigenvalue weighted by Gasteiger charge is 2.34. The number of carbonyl (C=O) groups is 2. The van der Waals surface area contributed by atoms with Crippen LogP contribution in [0.15, 0.2) is 47.4 Å². The van der Waals surface area contributed by atoms with E-state index in [1.807, 2.05) is 12.1 Å². The van der Waals surface area contributed by atoms with Crippen molar-refractivity contribution in [2.75, 3.05) is 19.1 Å². The number of anilines is 1. The fourth-order valence-corrected chi connectivity index (χ4v) is 4.26. The number of thioether (sulfide) groups is 1. The summed E-state index contributed by atoms with van der Waals surface area (Å²) in [6.45, 7) is 1.73. The Morgan fingerprint density at radius 1 is 1.16 bits per heavy atom. The standard InChI is InChI=1S/C22H21NO6S2/c1-4-15(21(25)26)29-17-10-9-13(11-18(17)28-3)12-19-20(24)23(22(30)31-19)14-7-5-6-8-16(14)27-2/h5-12,15H,4H2,1-3H3,(H,25,26)/b19-12+. The number of methoxy groups -OCH3 is 2. The van der Waals surface area contributed by atoms with E-state index >= 15 is 0 Å². The van der Waals surface area contributed by atoms with Gasteiger partial charge in [-0.15, -0.1) is 0 Å². The number of carbonyl (C=O) groups excluding carboxylic acids is 1. The largest absolute Gasteiger partial charge is 0.495 e. The summed E-state index contributed by atoms with van der Waals surface area (Å²) in [7, 11) is 3.00. The number of carboxylic acid groups (broad SMARTS) is 1. The van der Waals surface area contributed by atoms with Crippen molar-refractivity contribution in [1.82, 2.24) is 0 Å². The number of rotatable bonds is 8. The third kappa shape index (κ3) is 4.83. The molecule has 0 aliphatic carbocycles. The second-order valence-corrected chi connectivity index (χ2v) is 8.13. The molecule has 0 bridgehead atoms. The van der Waals surface area contributed by atoms with Crippen LogP contribution in [0.3, 0.4) is 0 Å². The number of amides is 1. The number of benzene rings is 2. The van der Waals surface area contributed by atoms with E-state index in [4.69, 9.17) is 26.4 Å². The molecule has 9 heteroatoms. The fraction of sp³-hybridized carbons (Fsp3) is 0.227. The lowest BCUT2D eigenvalue weighted by Crippen LogP contribution is -2.27. The molecule has 31 heavy (non-hydrogen) atoms. The van der Waals surface area contributed by atoms with Crippen LogP contribution in [0.25, 0.3) is 6.08 Å². The molecule has 1 aliphatic heterocycles. The van der Waals surface area contributed by atoms with Gasteiger partial charge in [-0.2, -0.15) is 0 Å². The molecule has 1 heterocycles. The van der Waals surface area contributed by atoms with Crippen molar-refractivity contribution in [2.24, 2.45) is 0 Å². The first-order chi connectivity index (χ1) is 14.9. The van der Waals surface area contributed by atoms with Crippen LogP contribution in [0.5, 0.6) is 17.2 Å². The number of hydrogen-bond acceptors (Lipinski definition) is 7. The maximum Gasteiger partial charge on any atom is 0.344 e. The van der Waals surface area contributed by atoms with Crippen LogP contribution >= 0.6 is 24.0 Å². The molecule has 0 saturated carbocycles. The van der Waals surface area contributed by atoms with E-state index in [9.17, 15) is 14.7 Å². The average molecular weight is 460 g/mol. The zero-order valence-corrected chi connectivity index (χ0v) is 18.8. The molecular weight excluding hydrogens is 438 g/mol. The molecule has 2 aromatic carbocycles. The molecule has 1 amide bonds. The lowest BCUT2D eigenvalue weighted by Gasteiger charge is -2.17. The molecule has 1 fully saturated rings. The van der Waals surface area contributed by atoms with Gasteiger partial charge in [0.1, 0.15) is 5.75 Å². The van der Waals surface area contributed by atoms with Crippen molar-refractivity contribution in [3.63, 3.8) is 0 Å². The summed E-state index contributed by atoms with van der Waals surface area (Å²) in [5.74, 6) is -0.0689. The Labute approximate surface area is 189 Å². The van der Waals surface area contributed by atoms with Crippen LogP contribution in [-0.4, -0.2) is 41.6 Å². The Morgan fingerprint density at radius 2 is 1.87 bits per heavy atom. The third-order valence-electron chi connectivity index (χ3n) is 4.52. The Balaban J connectivity index is 1.89. The lowest BCUT2D eigenvalue weighted by molar-refractivity contribution is -0.145. The zero-order chi connectivity index (χ0) is 22.5.